The molecular formula is C30H25F3N6O2. The van der Waals surface area contributed by atoms with Crippen molar-refractivity contribution in [1.82, 2.24) is 25.1 Å². The van der Waals surface area contributed by atoms with E-state index in [4.69, 9.17) is 4.74 Å². The molecule has 5 aromatic rings. The number of halogens is 3. The third-order valence-corrected chi connectivity index (χ3v) is 6.93. The largest absolute Gasteiger partial charge is 0.439 e. The monoisotopic (exact) mass is 558 g/mol. The van der Waals surface area contributed by atoms with Gasteiger partial charge in [0.25, 0.3) is 11.8 Å². The average Bonchev–Trinajstić information content (AvgIpc) is 3.40. The zero-order valence-corrected chi connectivity index (χ0v) is 21.8. The number of alkyl halides is 2. The maximum absolute atomic E-state index is 13.5. The third-order valence-electron chi connectivity index (χ3n) is 6.93. The third kappa shape index (κ3) is 6.20. The van der Waals surface area contributed by atoms with Crippen molar-refractivity contribution in [3.8, 4) is 22.8 Å². The summed E-state index contributed by atoms with van der Waals surface area (Å²) in [6, 6.07) is 16.4. The number of hydrogen-bond donors (Lipinski definition) is 2. The van der Waals surface area contributed by atoms with Crippen LogP contribution in [0.25, 0.3) is 22.0 Å². The van der Waals surface area contributed by atoms with Crippen molar-refractivity contribution >= 4 is 22.5 Å². The van der Waals surface area contributed by atoms with E-state index in [9.17, 15) is 18.0 Å². The Balaban J connectivity index is 1.15. The molecule has 41 heavy (non-hydrogen) atoms. The molecule has 0 atom stereocenters. The molecule has 1 aliphatic heterocycles. The van der Waals surface area contributed by atoms with Crippen LogP contribution in [0.5, 0.6) is 11.6 Å². The highest BCUT2D eigenvalue weighted by molar-refractivity contribution is 6.11. The second-order valence-corrected chi connectivity index (χ2v) is 9.94. The first kappa shape index (κ1) is 26.5. The lowest BCUT2D eigenvalue weighted by atomic mass is 10.0. The van der Waals surface area contributed by atoms with Crippen LogP contribution >= 0.6 is 0 Å². The fraction of sp³-hybridized carbons (Fsp3) is 0.200. The van der Waals surface area contributed by atoms with Crippen LogP contribution < -0.4 is 10.1 Å². The van der Waals surface area contributed by atoms with Gasteiger partial charge in [0.05, 0.1) is 17.4 Å². The minimum Gasteiger partial charge on any atom is -0.439 e. The van der Waals surface area contributed by atoms with Crippen molar-refractivity contribution in [2.24, 2.45) is 0 Å². The molecule has 3 aromatic heterocycles. The van der Waals surface area contributed by atoms with Gasteiger partial charge in [0.15, 0.2) is 5.69 Å². The topological polar surface area (TPSA) is 96.0 Å². The Bertz CT molecular complexity index is 1680. The first-order valence-electron chi connectivity index (χ1n) is 13.0. The Morgan fingerprint density at radius 1 is 0.976 bits per heavy atom. The molecule has 208 valence electrons. The number of aromatic nitrogens is 4. The lowest BCUT2D eigenvalue weighted by Gasteiger charge is -2.31. The van der Waals surface area contributed by atoms with E-state index < -0.39 is 11.8 Å². The Morgan fingerprint density at radius 2 is 1.78 bits per heavy atom. The molecule has 4 heterocycles. The number of hydrogen-bond acceptors (Lipinski definition) is 6. The molecule has 1 fully saturated rings. The summed E-state index contributed by atoms with van der Waals surface area (Å²) >= 11 is 0. The Hall–Kier alpha value is -4.77. The summed E-state index contributed by atoms with van der Waals surface area (Å²) in [4.78, 5) is 23.7. The summed E-state index contributed by atoms with van der Waals surface area (Å²) in [7, 11) is 0. The highest BCUT2D eigenvalue weighted by Crippen LogP contribution is 2.30. The van der Waals surface area contributed by atoms with Gasteiger partial charge < -0.3 is 10.1 Å². The van der Waals surface area contributed by atoms with Crippen molar-refractivity contribution < 1.29 is 22.7 Å². The van der Waals surface area contributed by atoms with Gasteiger partial charge in [0.2, 0.25) is 5.88 Å². The number of ether oxygens (including phenoxy) is 1. The number of pyridine rings is 2. The van der Waals surface area contributed by atoms with E-state index in [1.807, 2.05) is 29.2 Å². The second kappa shape index (κ2) is 11.0. The van der Waals surface area contributed by atoms with Crippen LogP contribution in [0, 0.1) is 5.82 Å². The van der Waals surface area contributed by atoms with Gasteiger partial charge in [-0.15, -0.1) is 0 Å². The molecule has 8 nitrogen and oxygen atoms in total. The van der Waals surface area contributed by atoms with E-state index in [1.165, 1.54) is 30.5 Å². The summed E-state index contributed by atoms with van der Waals surface area (Å²) in [5.41, 5.74) is 3.97. The molecule has 2 N–H and O–H groups in total. The quantitative estimate of drug-likeness (QED) is 0.239. The normalized spacial score (nSPS) is 15.1. The first-order chi connectivity index (χ1) is 19.8. The number of nitrogens with one attached hydrogen (secondary N) is 2. The lowest BCUT2D eigenvalue weighted by molar-refractivity contribution is -0.0566. The van der Waals surface area contributed by atoms with E-state index in [-0.39, 0.29) is 24.4 Å². The minimum absolute atomic E-state index is 0.133. The molecular weight excluding hydrogens is 533 g/mol. The summed E-state index contributed by atoms with van der Waals surface area (Å²) in [5, 5.41) is 10.5. The smallest absolute Gasteiger partial charge is 0.276 e. The highest BCUT2D eigenvalue weighted by Gasteiger charge is 2.33. The van der Waals surface area contributed by atoms with Crippen LogP contribution in [0.3, 0.4) is 0 Å². The van der Waals surface area contributed by atoms with Gasteiger partial charge in [-0.25, -0.2) is 18.2 Å². The number of piperidine rings is 1. The number of likely N-dealkylation sites (tertiary alicyclic amines) is 1. The molecule has 0 unspecified atom stereocenters. The molecule has 11 heteroatoms. The zero-order chi connectivity index (χ0) is 28.4. The van der Waals surface area contributed by atoms with E-state index in [0.29, 0.717) is 47.9 Å². The van der Waals surface area contributed by atoms with Gasteiger partial charge >= 0.3 is 0 Å². The minimum atomic E-state index is -2.58. The number of aromatic amines is 1. The number of rotatable bonds is 7. The molecule has 0 bridgehead atoms. The van der Waals surface area contributed by atoms with Crippen LogP contribution in [-0.2, 0) is 6.54 Å². The van der Waals surface area contributed by atoms with Crippen molar-refractivity contribution in [2.75, 3.05) is 18.4 Å². The van der Waals surface area contributed by atoms with E-state index in [2.05, 4.69) is 25.5 Å². The van der Waals surface area contributed by atoms with Crippen molar-refractivity contribution in [1.29, 1.82) is 0 Å². The molecule has 1 saturated heterocycles. The number of carbonyl (C=O) groups excluding carboxylic acids is 1. The van der Waals surface area contributed by atoms with Crippen molar-refractivity contribution in [2.45, 2.75) is 25.3 Å². The fourth-order valence-electron chi connectivity index (χ4n) is 4.72. The van der Waals surface area contributed by atoms with Gasteiger partial charge in [0, 0.05) is 61.9 Å². The number of carbonyl (C=O) groups is 1. The first-order valence-corrected chi connectivity index (χ1v) is 13.0. The highest BCUT2D eigenvalue weighted by atomic mass is 19.3. The summed E-state index contributed by atoms with van der Waals surface area (Å²) < 4.78 is 45.7. The van der Waals surface area contributed by atoms with E-state index >= 15 is 0 Å². The number of fused-ring (bicyclic) bond motifs is 1. The average molecular weight is 559 g/mol. The molecule has 2 aromatic carbocycles. The molecule has 6 rings (SSSR count). The second-order valence-electron chi connectivity index (χ2n) is 9.94. The maximum atomic E-state index is 13.5. The molecule has 0 spiro atoms. The number of anilines is 1. The van der Waals surface area contributed by atoms with Crippen LogP contribution in [0.4, 0.5) is 18.9 Å². The van der Waals surface area contributed by atoms with Crippen LogP contribution in [0.1, 0.15) is 28.9 Å². The van der Waals surface area contributed by atoms with Crippen LogP contribution in [0.2, 0.25) is 0 Å². The number of amides is 1. The molecule has 1 aliphatic rings. The van der Waals surface area contributed by atoms with Gasteiger partial charge in [-0.3, -0.25) is 19.8 Å². The van der Waals surface area contributed by atoms with Crippen molar-refractivity contribution in [3.63, 3.8) is 0 Å². The van der Waals surface area contributed by atoms with Gasteiger partial charge in [-0.1, -0.05) is 6.07 Å². The van der Waals surface area contributed by atoms with Crippen molar-refractivity contribution in [3.05, 3.63) is 96.3 Å². The molecule has 0 aliphatic carbocycles. The maximum Gasteiger partial charge on any atom is 0.276 e. The fourth-order valence-corrected chi connectivity index (χ4v) is 4.72. The number of nitrogens with zero attached hydrogens (tertiary/aromatic N) is 4. The molecule has 0 radical (unpaired) electrons. The van der Waals surface area contributed by atoms with E-state index in [0.717, 1.165) is 16.7 Å². The predicted octanol–water partition coefficient (Wildman–Crippen LogP) is 6.43. The summed E-state index contributed by atoms with van der Waals surface area (Å²) in [6.45, 7) is 1.23. The Labute approximate surface area is 233 Å². The van der Waals surface area contributed by atoms with Crippen LogP contribution in [-0.4, -0.2) is 50.0 Å². The zero-order valence-electron chi connectivity index (χ0n) is 21.8. The number of benzene rings is 2. The predicted molar refractivity (Wildman–Crippen MR) is 147 cm³/mol. The Morgan fingerprint density at radius 3 is 2.54 bits per heavy atom. The number of H-pyrrole nitrogens is 1. The van der Waals surface area contributed by atoms with Crippen LogP contribution in [0.15, 0.2) is 79.3 Å². The molecule has 0 saturated carbocycles. The van der Waals surface area contributed by atoms with E-state index in [1.54, 1.807) is 24.5 Å². The lowest BCUT2D eigenvalue weighted by Crippen LogP contribution is -2.38. The Kier molecular flexibility index (Phi) is 7.10. The van der Waals surface area contributed by atoms with Gasteiger partial charge in [-0.05, 0) is 59.7 Å². The SMILES string of the molecule is O=C(Nc1ccc(Oc2ccc(F)cc2)nc1)c1n[nH]c2ccc(-c3cncc(CN4CCC(F)(F)CC4)c3)cc12. The van der Waals surface area contributed by atoms with Gasteiger partial charge in [0.1, 0.15) is 11.6 Å². The summed E-state index contributed by atoms with van der Waals surface area (Å²) in [6.07, 6.45) is 4.67. The summed E-state index contributed by atoms with van der Waals surface area (Å²) in [5.74, 6) is -2.64. The molecule has 1 amide bonds. The standard InChI is InChI=1S/C30H25F3N6O2/c31-22-2-5-24(6-3-22)41-27-8-4-23(17-35-27)36-29(40)28-25-14-20(1-7-26(25)37-38-28)21-13-19(15-34-16-21)18-39-11-9-30(32,33)10-12-39/h1-8,13-17H,9-12,18H2,(H,36,40)(H,37,38). The van der Waals surface area contributed by atoms with Gasteiger partial charge in [-0.2, -0.15) is 5.10 Å².